The number of ether oxygens (including phenoxy) is 1. The predicted molar refractivity (Wildman–Crippen MR) is 79.3 cm³/mol. The second kappa shape index (κ2) is 5.49. The largest absolute Gasteiger partial charge is 0.493 e. The molecule has 4 heteroatoms. The van der Waals surface area contributed by atoms with Crippen LogP contribution in [0.3, 0.4) is 0 Å². The first-order chi connectivity index (χ1) is 9.74. The highest BCUT2D eigenvalue weighted by atomic mass is 16.5. The van der Waals surface area contributed by atoms with E-state index in [1.807, 2.05) is 26.0 Å². The third kappa shape index (κ3) is 2.59. The highest BCUT2D eigenvalue weighted by Gasteiger charge is 2.21. The Morgan fingerprint density at radius 3 is 3.05 bits per heavy atom. The Kier molecular flexibility index (Phi) is 3.54. The Morgan fingerprint density at radius 1 is 1.30 bits per heavy atom. The number of hydrogen-bond donors (Lipinski definition) is 1. The summed E-state index contributed by atoms with van der Waals surface area (Å²) in [6.07, 6.45) is 2.83. The van der Waals surface area contributed by atoms with Gasteiger partial charge in [0.2, 0.25) is 0 Å². The summed E-state index contributed by atoms with van der Waals surface area (Å²) in [7, 11) is 0. The summed E-state index contributed by atoms with van der Waals surface area (Å²) in [6, 6.07) is 8.28. The molecule has 0 bridgehead atoms. The van der Waals surface area contributed by atoms with Gasteiger partial charge in [-0.15, -0.1) is 0 Å². The van der Waals surface area contributed by atoms with Crippen LogP contribution in [-0.2, 0) is 0 Å². The lowest BCUT2D eigenvalue weighted by molar-refractivity contribution is 0.270. The fourth-order valence-electron chi connectivity index (χ4n) is 2.55. The summed E-state index contributed by atoms with van der Waals surface area (Å²) in [5.41, 5.74) is 3.16. The number of aryl methyl sites for hydroxylation is 2. The second-order valence-corrected chi connectivity index (χ2v) is 5.20. The van der Waals surface area contributed by atoms with Gasteiger partial charge in [0, 0.05) is 18.7 Å². The van der Waals surface area contributed by atoms with Crippen molar-refractivity contribution in [1.82, 2.24) is 9.97 Å². The van der Waals surface area contributed by atoms with Crippen molar-refractivity contribution >= 4 is 5.82 Å². The highest BCUT2D eigenvalue weighted by Crippen LogP contribution is 2.33. The number of anilines is 1. The number of benzene rings is 1. The zero-order valence-electron chi connectivity index (χ0n) is 11.9. The minimum absolute atomic E-state index is 0.460. The number of rotatable bonds is 3. The molecule has 0 saturated carbocycles. The molecular formula is C16H19N3O. The van der Waals surface area contributed by atoms with Crippen LogP contribution >= 0.6 is 0 Å². The average molecular weight is 269 g/mol. The summed E-state index contributed by atoms with van der Waals surface area (Å²) < 4.78 is 5.69. The Hall–Kier alpha value is -2.10. The third-order valence-corrected chi connectivity index (χ3v) is 3.67. The molecule has 20 heavy (non-hydrogen) atoms. The van der Waals surface area contributed by atoms with E-state index in [9.17, 15) is 0 Å². The van der Waals surface area contributed by atoms with Gasteiger partial charge in [0.1, 0.15) is 11.6 Å². The lowest BCUT2D eigenvalue weighted by atomic mass is 9.93. The van der Waals surface area contributed by atoms with E-state index in [2.05, 4.69) is 27.4 Å². The van der Waals surface area contributed by atoms with Crippen molar-refractivity contribution in [3.63, 3.8) is 0 Å². The molecule has 0 fully saturated rings. The fraction of sp³-hybridized carbons (Fsp3) is 0.375. The van der Waals surface area contributed by atoms with Crippen LogP contribution in [0.15, 0.2) is 30.5 Å². The Morgan fingerprint density at radius 2 is 2.15 bits per heavy atom. The molecule has 1 atom stereocenters. The van der Waals surface area contributed by atoms with E-state index in [0.29, 0.717) is 5.92 Å². The van der Waals surface area contributed by atoms with Crippen LogP contribution < -0.4 is 10.1 Å². The molecule has 0 amide bonds. The summed E-state index contributed by atoms with van der Waals surface area (Å²) in [5, 5.41) is 3.44. The maximum atomic E-state index is 5.69. The average Bonchev–Trinajstić information content (AvgIpc) is 2.48. The van der Waals surface area contributed by atoms with Crippen LogP contribution in [0.5, 0.6) is 5.75 Å². The molecule has 1 N–H and O–H groups in total. The lowest BCUT2D eigenvalue weighted by Gasteiger charge is -2.26. The minimum Gasteiger partial charge on any atom is -0.493 e. The first-order valence-electron chi connectivity index (χ1n) is 7.00. The third-order valence-electron chi connectivity index (χ3n) is 3.67. The number of nitrogens with one attached hydrogen (secondary N) is 1. The van der Waals surface area contributed by atoms with Gasteiger partial charge in [-0.3, -0.25) is 4.98 Å². The molecule has 2 heterocycles. The molecule has 3 rings (SSSR count). The van der Waals surface area contributed by atoms with Crippen LogP contribution in [0.1, 0.15) is 29.3 Å². The van der Waals surface area contributed by atoms with Crippen molar-refractivity contribution in [2.24, 2.45) is 0 Å². The quantitative estimate of drug-likeness (QED) is 0.930. The SMILES string of the molecule is Cc1cnc(C)c(NCC2CCOc3ccccc32)n1. The van der Waals surface area contributed by atoms with Crippen molar-refractivity contribution in [1.29, 1.82) is 0 Å². The van der Waals surface area contributed by atoms with Crippen LogP contribution in [0.25, 0.3) is 0 Å². The topological polar surface area (TPSA) is 47.0 Å². The van der Waals surface area contributed by atoms with Crippen molar-refractivity contribution in [2.75, 3.05) is 18.5 Å². The number of para-hydroxylation sites is 1. The summed E-state index contributed by atoms with van der Waals surface area (Å²) >= 11 is 0. The van der Waals surface area contributed by atoms with Gasteiger partial charge < -0.3 is 10.1 Å². The van der Waals surface area contributed by atoms with Gasteiger partial charge in [0.05, 0.1) is 18.0 Å². The number of fused-ring (bicyclic) bond motifs is 1. The molecule has 1 aliphatic heterocycles. The van der Waals surface area contributed by atoms with Gasteiger partial charge in [0.15, 0.2) is 0 Å². The van der Waals surface area contributed by atoms with Gasteiger partial charge in [-0.25, -0.2) is 4.98 Å². The van der Waals surface area contributed by atoms with Gasteiger partial charge in [0.25, 0.3) is 0 Å². The lowest BCUT2D eigenvalue weighted by Crippen LogP contribution is -2.21. The van der Waals surface area contributed by atoms with E-state index in [1.54, 1.807) is 6.20 Å². The molecule has 0 radical (unpaired) electrons. The van der Waals surface area contributed by atoms with Crippen molar-refractivity contribution in [3.8, 4) is 5.75 Å². The molecule has 0 saturated heterocycles. The number of aromatic nitrogens is 2. The normalized spacial score (nSPS) is 17.2. The second-order valence-electron chi connectivity index (χ2n) is 5.20. The Labute approximate surface area is 119 Å². The van der Waals surface area contributed by atoms with Gasteiger partial charge in [-0.05, 0) is 31.9 Å². The van der Waals surface area contributed by atoms with E-state index in [4.69, 9.17) is 4.74 Å². The summed E-state index contributed by atoms with van der Waals surface area (Å²) in [6.45, 7) is 5.58. The minimum atomic E-state index is 0.460. The van der Waals surface area contributed by atoms with Gasteiger partial charge >= 0.3 is 0 Å². The zero-order valence-corrected chi connectivity index (χ0v) is 11.9. The first kappa shape index (κ1) is 12.9. The first-order valence-corrected chi connectivity index (χ1v) is 7.00. The monoisotopic (exact) mass is 269 g/mol. The zero-order chi connectivity index (χ0) is 13.9. The van der Waals surface area contributed by atoms with E-state index in [1.165, 1.54) is 5.56 Å². The highest BCUT2D eigenvalue weighted by molar-refractivity contribution is 5.42. The van der Waals surface area contributed by atoms with Crippen LogP contribution in [0.2, 0.25) is 0 Å². The molecule has 0 spiro atoms. The van der Waals surface area contributed by atoms with Gasteiger partial charge in [-0.1, -0.05) is 18.2 Å². The molecule has 1 aliphatic rings. The molecule has 1 unspecified atom stereocenters. The smallest absolute Gasteiger partial charge is 0.147 e. The predicted octanol–water partition coefficient (Wildman–Crippen LogP) is 3.07. The Balaban J connectivity index is 1.75. The molecule has 2 aromatic rings. The van der Waals surface area contributed by atoms with Crippen LogP contribution in [0.4, 0.5) is 5.82 Å². The summed E-state index contributed by atoms with van der Waals surface area (Å²) in [5.74, 6) is 2.35. The van der Waals surface area contributed by atoms with E-state index < -0.39 is 0 Å². The van der Waals surface area contributed by atoms with Crippen LogP contribution in [-0.4, -0.2) is 23.1 Å². The molecule has 0 aliphatic carbocycles. The van der Waals surface area contributed by atoms with Crippen LogP contribution in [0, 0.1) is 13.8 Å². The standard InChI is InChI=1S/C16H19N3O/c1-11-9-17-12(2)16(19-11)18-10-13-7-8-20-15-6-4-3-5-14(13)15/h3-6,9,13H,7-8,10H2,1-2H3,(H,18,19). The molecule has 1 aromatic carbocycles. The molecule has 4 nitrogen and oxygen atoms in total. The number of nitrogens with zero attached hydrogens (tertiary/aromatic N) is 2. The van der Waals surface area contributed by atoms with E-state index in [-0.39, 0.29) is 0 Å². The molecule has 1 aromatic heterocycles. The van der Waals surface area contributed by atoms with E-state index in [0.717, 1.165) is 42.5 Å². The number of hydrogen-bond acceptors (Lipinski definition) is 4. The van der Waals surface area contributed by atoms with Gasteiger partial charge in [-0.2, -0.15) is 0 Å². The summed E-state index contributed by atoms with van der Waals surface area (Å²) in [4.78, 5) is 8.85. The Bertz CT molecular complexity index is 612. The van der Waals surface area contributed by atoms with Crippen molar-refractivity contribution in [3.05, 3.63) is 47.4 Å². The van der Waals surface area contributed by atoms with E-state index >= 15 is 0 Å². The maximum Gasteiger partial charge on any atom is 0.147 e. The maximum absolute atomic E-state index is 5.69. The van der Waals surface area contributed by atoms with Crippen molar-refractivity contribution in [2.45, 2.75) is 26.2 Å². The molecular weight excluding hydrogens is 250 g/mol. The molecule has 104 valence electrons. The fourth-order valence-corrected chi connectivity index (χ4v) is 2.55. The van der Waals surface area contributed by atoms with Crippen molar-refractivity contribution < 1.29 is 4.74 Å².